The number of amides is 1. The van der Waals surface area contributed by atoms with Crippen molar-refractivity contribution in [1.29, 1.82) is 0 Å². The maximum Gasteiger partial charge on any atom is 0.228 e. The van der Waals surface area contributed by atoms with Crippen LogP contribution < -0.4 is 5.32 Å². The molecule has 0 bridgehead atoms. The minimum atomic E-state index is -0.188. The highest BCUT2D eigenvalue weighted by atomic mass is 16.3. The number of furan rings is 1. The van der Waals surface area contributed by atoms with Crippen molar-refractivity contribution >= 4 is 33.5 Å². The van der Waals surface area contributed by atoms with E-state index in [1.165, 1.54) is 0 Å². The van der Waals surface area contributed by atoms with Crippen LogP contribution in [0.1, 0.15) is 5.56 Å². The van der Waals surface area contributed by atoms with Gasteiger partial charge in [0.15, 0.2) is 0 Å². The predicted octanol–water partition coefficient (Wildman–Crippen LogP) is 4.47. The van der Waals surface area contributed by atoms with E-state index in [9.17, 15) is 9.90 Å². The number of rotatable bonds is 3. The van der Waals surface area contributed by atoms with Crippen LogP contribution in [0.5, 0.6) is 5.75 Å². The van der Waals surface area contributed by atoms with Gasteiger partial charge in [0.25, 0.3) is 0 Å². The summed E-state index contributed by atoms with van der Waals surface area (Å²) in [4.78, 5) is 12.2. The number of nitrogens with one attached hydrogen (secondary N) is 1. The molecule has 1 heterocycles. The summed E-state index contributed by atoms with van der Waals surface area (Å²) in [6.45, 7) is 0. The zero-order valence-corrected chi connectivity index (χ0v) is 12.8. The second-order valence-electron chi connectivity index (χ2n) is 5.66. The maximum absolute atomic E-state index is 12.2. The SMILES string of the molecule is O=C(Cc1ccccc1O)Nc1ccc2c(c1)oc1ccccc12. The molecule has 24 heavy (non-hydrogen) atoms. The van der Waals surface area contributed by atoms with Crippen LogP contribution in [0.4, 0.5) is 5.69 Å². The minimum absolute atomic E-state index is 0.116. The molecule has 0 radical (unpaired) electrons. The van der Waals surface area contributed by atoms with Crippen LogP contribution in [-0.2, 0) is 11.2 Å². The molecule has 3 aromatic carbocycles. The van der Waals surface area contributed by atoms with Crippen molar-refractivity contribution in [2.24, 2.45) is 0 Å². The molecule has 0 aliphatic rings. The third-order valence-corrected chi connectivity index (χ3v) is 4.01. The van der Waals surface area contributed by atoms with Crippen LogP contribution in [0.2, 0.25) is 0 Å². The van der Waals surface area contributed by atoms with E-state index in [-0.39, 0.29) is 18.1 Å². The lowest BCUT2D eigenvalue weighted by Gasteiger charge is -2.06. The Morgan fingerprint density at radius 2 is 1.67 bits per heavy atom. The molecule has 0 fully saturated rings. The fraction of sp³-hybridized carbons (Fsp3) is 0.0500. The summed E-state index contributed by atoms with van der Waals surface area (Å²) in [6, 6.07) is 20.3. The van der Waals surface area contributed by atoms with E-state index in [1.54, 1.807) is 24.3 Å². The molecule has 0 aliphatic heterocycles. The summed E-state index contributed by atoms with van der Waals surface area (Å²) in [5, 5.41) is 14.7. The highest BCUT2D eigenvalue weighted by Gasteiger charge is 2.10. The number of phenols is 1. The molecule has 118 valence electrons. The molecule has 4 aromatic rings. The number of hydrogen-bond donors (Lipinski definition) is 2. The molecule has 0 saturated heterocycles. The lowest BCUT2D eigenvalue weighted by molar-refractivity contribution is -0.115. The van der Waals surface area contributed by atoms with E-state index in [4.69, 9.17) is 4.42 Å². The number of fused-ring (bicyclic) bond motifs is 3. The lowest BCUT2D eigenvalue weighted by atomic mass is 10.1. The third-order valence-electron chi connectivity index (χ3n) is 4.01. The molecule has 4 nitrogen and oxygen atoms in total. The Bertz CT molecular complexity index is 1050. The smallest absolute Gasteiger partial charge is 0.228 e. The summed E-state index contributed by atoms with van der Waals surface area (Å²) < 4.78 is 5.82. The monoisotopic (exact) mass is 317 g/mol. The Labute approximate surface area is 138 Å². The zero-order valence-electron chi connectivity index (χ0n) is 12.8. The number of phenolic OH excluding ortho intramolecular Hbond substituents is 1. The standard InChI is InChI=1S/C20H15NO3/c22-17-7-3-1-5-13(17)11-20(23)21-14-9-10-16-15-6-2-4-8-18(15)24-19(16)12-14/h1-10,12,22H,11H2,(H,21,23). The van der Waals surface area contributed by atoms with Crippen LogP contribution in [0, 0.1) is 0 Å². The summed E-state index contributed by atoms with van der Waals surface area (Å²) in [5.41, 5.74) is 2.82. The first-order chi connectivity index (χ1) is 11.7. The van der Waals surface area contributed by atoms with E-state index in [1.807, 2.05) is 42.5 Å². The number of carbonyl (C=O) groups excluding carboxylic acids is 1. The zero-order chi connectivity index (χ0) is 16.5. The van der Waals surface area contributed by atoms with Gasteiger partial charge in [-0.2, -0.15) is 0 Å². The summed E-state index contributed by atoms with van der Waals surface area (Å²) in [6.07, 6.45) is 0.116. The number of hydrogen-bond acceptors (Lipinski definition) is 3. The fourth-order valence-corrected chi connectivity index (χ4v) is 2.84. The molecule has 0 spiro atoms. The van der Waals surface area contributed by atoms with Gasteiger partial charge in [-0.05, 0) is 24.3 Å². The Kier molecular flexibility index (Phi) is 3.43. The number of para-hydroxylation sites is 2. The first-order valence-electron chi connectivity index (χ1n) is 7.69. The summed E-state index contributed by atoms with van der Waals surface area (Å²) >= 11 is 0. The second-order valence-corrected chi connectivity index (χ2v) is 5.66. The minimum Gasteiger partial charge on any atom is -0.508 e. The predicted molar refractivity (Wildman–Crippen MR) is 94.2 cm³/mol. The van der Waals surface area contributed by atoms with Crippen molar-refractivity contribution in [2.75, 3.05) is 5.32 Å². The van der Waals surface area contributed by atoms with Crippen molar-refractivity contribution in [3.63, 3.8) is 0 Å². The van der Waals surface area contributed by atoms with Crippen molar-refractivity contribution in [3.8, 4) is 5.75 Å². The average molecular weight is 317 g/mol. The van der Waals surface area contributed by atoms with Crippen LogP contribution in [0.3, 0.4) is 0 Å². The van der Waals surface area contributed by atoms with Gasteiger partial charge in [0.05, 0.1) is 6.42 Å². The van der Waals surface area contributed by atoms with Gasteiger partial charge in [-0.15, -0.1) is 0 Å². The molecule has 0 unspecified atom stereocenters. The van der Waals surface area contributed by atoms with Gasteiger partial charge in [-0.1, -0.05) is 36.4 Å². The number of benzene rings is 3. The van der Waals surface area contributed by atoms with Crippen molar-refractivity contribution in [2.45, 2.75) is 6.42 Å². The largest absolute Gasteiger partial charge is 0.508 e. The third kappa shape index (κ3) is 2.58. The summed E-state index contributed by atoms with van der Waals surface area (Å²) in [7, 11) is 0. The number of carbonyl (C=O) groups is 1. The van der Waals surface area contributed by atoms with E-state index in [0.717, 1.165) is 21.9 Å². The van der Waals surface area contributed by atoms with Crippen molar-refractivity contribution in [3.05, 3.63) is 72.3 Å². The molecule has 1 aromatic heterocycles. The second kappa shape index (κ2) is 5.74. The van der Waals surface area contributed by atoms with Crippen LogP contribution in [0.15, 0.2) is 71.1 Å². The first-order valence-corrected chi connectivity index (χ1v) is 7.69. The van der Waals surface area contributed by atoms with Crippen LogP contribution in [-0.4, -0.2) is 11.0 Å². The molecular formula is C20H15NO3. The number of anilines is 1. The van der Waals surface area contributed by atoms with E-state index in [2.05, 4.69) is 5.32 Å². The van der Waals surface area contributed by atoms with Gasteiger partial charge >= 0.3 is 0 Å². The van der Waals surface area contributed by atoms with Gasteiger partial charge in [-0.25, -0.2) is 0 Å². The molecular weight excluding hydrogens is 302 g/mol. The Morgan fingerprint density at radius 1 is 0.917 bits per heavy atom. The molecule has 1 amide bonds. The first kappa shape index (κ1) is 14.3. The molecule has 2 N–H and O–H groups in total. The van der Waals surface area contributed by atoms with Gasteiger partial charge < -0.3 is 14.8 Å². The van der Waals surface area contributed by atoms with Gasteiger partial charge in [-0.3, -0.25) is 4.79 Å². The normalized spacial score (nSPS) is 11.0. The fourth-order valence-electron chi connectivity index (χ4n) is 2.84. The molecule has 0 saturated carbocycles. The maximum atomic E-state index is 12.2. The highest BCUT2D eigenvalue weighted by Crippen LogP contribution is 2.30. The van der Waals surface area contributed by atoms with E-state index < -0.39 is 0 Å². The Morgan fingerprint density at radius 3 is 2.54 bits per heavy atom. The lowest BCUT2D eigenvalue weighted by Crippen LogP contribution is -2.14. The highest BCUT2D eigenvalue weighted by molar-refractivity contribution is 6.06. The van der Waals surface area contributed by atoms with E-state index in [0.29, 0.717) is 11.3 Å². The molecule has 0 atom stereocenters. The Hall–Kier alpha value is -3.27. The van der Waals surface area contributed by atoms with Crippen LogP contribution >= 0.6 is 0 Å². The van der Waals surface area contributed by atoms with E-state index >= 15 is 0 Å². The number of aromatic hydroxyl groups is 1. The van der Waals surface area contributed by atoms with Crippen LogP contribution in [0.25, 0.3) is 21.9 Å². The van der Waals surface area contributed by atoms with Gasteiger partial charge in [0.1, 0.15) is 16.9 Å². The topological polar surface area (TPSA) is 62.5 Å². The van der Waals surface area contributed by atoms with Gasteiger partial charge in [0, 0.05) is 28.1 Å². The average Bonchev–Trinajstić information content (AvgIpc) is 2.94. The van der Waals surface area contributed by atoms with Gasteiger partial charge in [0.2, 0.25) is 5.91 Å². The molecule has 4 rings (SSSR count). The molecule has 0 aliphatic carbocycles. The molecule has 4 heteroatoms. The summed E-state index contributed by atoms with van der Waals surface area (Å²) in [5.74, 6) is -0.0626. The van der Waals surface area contributed by atoms with Crippen molar-refractivity contribution < 1.29 is 14.3 Å². The van der Waals surface area contributed by atoms with Crippen molar-refractivity contribution in [1.82, 2.24) is 0 Å². The Balaban J connectivity index is 1.59. The quantitative estimate of drug-likeness (QED) is 0.586.